The Balaban J connectivity index is 2.21. The van der Waals surface area contributed by atoms with E-state index in [1.54, 1.807) is 0 Å². The Morgan fingerprint density at radius 1 is 1.57 bits per heavy atom. The summed E-state index contributed by atoms with van der Waals surface area (Å²) in [4.78, 5) is 0. The van der Waals surface area contributed by atoms with E-state index in [2.05, 4.69) is 28.6 Å². The van der Waals surface area contributed by atoms with Gasteiger partial charge in [-0.25, -0.2) is 0 Å². The normalized spacial score (nSPS) is 18.4. The van der Waals surface area contributed by atoms with E-state index in [0.29, 0.717) is 5.41 Å². The Labute approximate surface area is 89.5 Å². The molecule has 2 rings (SSSR count). The van der Waals surface area contributed by atoms with Gasteiger partial charge >= 0.3 is 0 Å². The molecule has 1 heterocycles. The van der Waals surface area contributed by atoms with Gasteiger partial charge in [0.15, 0.2) is 4.77 Å². The van der Waals surface area contributed by atoms with Crippen molar-refractivity contribution in [1.29, 1.82) is 0 Å². The largest absolute Gasteiger partial charge is 0.304 e. The lowest BCUT2D eigenvalue weighted by Gasteiger charge is -2.10. The molecule has 0 aliphatic heterocycles. The van der Waals surface area contributed by atoms with Gasteiger partial charge in [0.2, 0.25) is 0 Å². The van der Waals surface area contributed by atoms with E-state index < -0.39 is 0 Å². The zero-order chi connectivity index (χ0) is 10.2. The van der Waals surface area contributed by atoms with Gasteiger partial charge in [0.05, 0.1) is 0 Å². The van der Waals surface area contributed by atoms with E-state index in [-0.39, 0.29) is 0 Å². The van der Waals surface area contributed by atoms with Crippen molar-refractivity contribution < 1.29 is 0 Å². The fraction of sp³-hybridized carbons (Fsp3) is 0.800. The first-order chi connectivity index (χ1) is 6.64. The molecular weight excluding hydrogens is 194 g/mol. The van der Waals surface area contributed by atoms with Gasteiger partial charge in [-0.2, -0.15) is 5.10 Å². The summed E-state index contributed by atoms with van der Waals surface area (Å²) in [5, 5.41) is 7.15. The van der Waals surface area contributed by atoms with Gasteiger partial charge in [-0.3, -0.25) is 5.10 Å². The monoisotopic (exact) mass is 211 g/mol. The molecule has 1 aliphatic carbocycles. The first-order valence-electron chi connectivity index (χ1n) is 5.29. The summed E-state index contributed by atoms with van der Waals surface area (Å²) in [5.74, 6) is 1.12. The minimum absolute atomic E-state index is 0.491. The first kappa shape index (κ1) is 9.90. The molecule has 1 fully saturated rings. The maximum Gasteiger partial charge on any atom is 0.195 e. The van der Waals surface area contributed by atoms with Gasteiger partial charge < -0.3 is 4.57 Å². The fourth-order valence-electron chi connectivity index (χ4n) is 1.68. The molecule has 1 aromatic heterocycles. The van der Waals surface area contributed by atoms with Crippen LogP contribution >= 0.6 is 12.2 Å². The predicted octanol–water partition coefficient (Wildman–Crippen LogP) is 2.69. The highest BCUT2D eigenvalue weighted by molar-refractivity contribution is 7.71. The lowest BCUT2D eigenvalue weighted by atomic mass is 10.1. The van der Waals surface area contributed by atoms with Gasteiger partial charge in [-0.05, 0) is 36.9 Å². The highest BCUT2D eigenvalue weighted by atomic mass is 32.1. The Bertz CT molecular complexity index is 373. The molecule has 0 radical (unpaired) electrons. The van der Waals surface area contributed by atoms with Gasteiger partial charge in [0.25, 0.3) is 0 Å². The first-order valence-corrected chi connectivity index (χ1v) is 5.69. The fourth-order valence-corrected chi connectivity index (χ4v) is 1.90. The summed E-state index contributed by atoms with van der Waals surface area (Å²) in [6.45, 7) is 5.52. The molecule has 0 atom stereocenters. The van der Waals surface area contributed by atoms with E-state index in [9.17, 15) is 0 Å². The molecule has 0 unspecified atom stereocenters. The number of hydrogen-bond donors (Lipinski definition) is 1. The molecule has 0 amide bonds. The second kappa shape index (κ2) is 3.50. The average molecular weight is 211 g/mol. The lowest BCUT2D eigenvalue weighted by Crippen LogP contribution is -2.11. The molecule has 0 bridgehead atoms. The van der Waals surface area contributed by atoms with Crippen LogP contribution < -0.4 is 0 Å². The van der Waals surface area contributed by atoms with Crippen molar-refractivity contribution in [3.8, 4) is 0 Å². The van der Waals surface area contributed by atoms with E-state index in [4.69, 9.17) is 12.2 Å². The summed E-state index contributed by atoms with van der Waals surface area (Å²) in [6, 6.07) is 0. The molecule has 3 nitrogen and oxygen atoms in total. The van der Waals surface area contributed by atoms with Gasteiger partial charge in [-0.15, -0.1) is 0 Å². The third kappa shape index (κ3) is 1.90. The second-order valence-electron chi connectivity index (χ2n) is 4.59. The number of hydrogen-bond acceptors (Lipinski definition) is 2. The van der Waals surface area contributed by atoms with Crippen LogP contribution in [0.2, 0.25) is 0 Å². The van der Waals surface area contributed by atoms with E-state index in [1.165, 1.54) is 12.8 Å². The number of nitrogens with one attached hydrogen (secondary N) is 1. The molecule has 0 saturated heterocycles. The van der Waals surface area contributed by atoms with E-state index >= 15 is 0 Å². The smallest absolute Gasteiger partial charge is 0.195 e. The quantitative estimate of drug-likeness (QED) is 0.777. The summed E-state index contributed by atoms with van der Waals surface area (Å²) in [6.07, 6.45) is 4.79. The maximum absolute atomic E-state index is 5.23. The Hall–Kier alpha value is -0.640. The number of rotatable bonds is 4. The zero-order valence-electron chi connectivity index (χ0n) is 8.84. The average Bonchev–Trinajstić information content (AvgIpc) is 2.79. The van der Waals surface area contributed by atoms with Crippen LogP contribution in [0.3, 0.4) is 0 Å². The summed E-state index contributed by atoms with van der Waals surface area (Å²) in [7, 11) is 0. The third-order valence-electron chi connectivity index (χ3n) is 2.95. The molecule has 1 aliphatic rings. The topological polar surface area (TPSA) is 33.6 Å². The molecule has 0 aromatic carbocycles. The highest BCUT2D eigenvalue weighted by Crippen LogP contribution is 2.46. The number of aromatic amines is 1. The SMILES string of the molecule is CCCc1n[nH]c(=S)n1CC1(C)CC1. The van der Waals surface area contributed by atoms with Crippen molar-refractivity contribution in [1.82, 2.24) is 14.8 Å². The molecule has 1 aromatic rings. The van der Waals surface area contributed by atoms with Crippen molar-refractivity contribution in [2.45, 2.75) is 46.1 Å². The van der Waals surface area contributed by atoms with E-state index in [1.807, 2.05) is 0 Å². The number of aromatic nitrogens is 3. The van der Waals surface area contributed by atoms with Gasteiger partial charge in [0, 0.05) is 13.0 Å². The Kier molecular flexibility index (Phi) is 2.47. The van der Waals surface area contributed by atoms with Crippen LogP contribution in [0.25, 0.3) is 0 Å². The van der Waals surface area contributed by atoms with Crippen molar-refractivity contribution in [3.05, 3.63) is 10.6 Å². The Morgan fingerprint density at radius 2 is 2.29 bits per heavy atom. The standard InChI is InChI=1S/C10H17N3S/c1-3-4-8-11-12-9(14)13(8)7-10(2)5-6-10/h3-7H2,1-2H3,(H,12,14). The number of H-pyrrole nitrogens is 1. The molecule has 0 spiro atoms. The van der Waals surface area contributed by atoms with Crippen LogP contribution in [0.1, 0.15) is 38.9 Å². The number of aryl methyl sites for hydroxylation is 1. The van der Waals surface area contributed by atoms with Crippen molar-refractivity contribution in [2.24, 2.45) is 5.41 Å². The molecule has 78 valence electrons. The third-order valence-corrected chi connectivity index (χ3v) is 3.27. The van der Waals surface area contributed by atoms with Crippen molar-refractivity contribution in [3.63, 3.8) is 0 Å². The van der Waals surface area contributed by atoms with Crippen LogP contribution in [0.15, 0.2) is 0 Å². The highest BCUT2D eigenvalue weighted by Gasteiger charge is 2.38. The van der Waals surface area contributed by atoms with Crippen LogP contribution in [0.5, 0.6) is 0 Å². The predicted molar refractivity (Wildman–Crippen MR) is 58.7 cm³/mol. The van der Waals surface area contributed by atoms with Crippen LogP contribution in [-0.2, 0) is 13.0 Å². The van der Waals surface area contributed by atoms with Gasteiger partial charge in [-0.1, -0.05) is 13.8 Å². The molecule has 1 N–H and O–H groups in total. The van der Waals surface area contributed by atoms with Crippen LogP contribution in [-0.4, -0.2) is 14.8 Å². The lowest BCUT2D eigenvalue weighted by molar-refractivity contribution is 0.448. The molecular formula is C10H17N3S. The van der Waals surface area contributed by atoms with Crippen molar-refractivity contribution >= 4 is 12.2 Å². The van der Waals surface area contributed by atoms with Crippen LogP contribution in [0, 0.1) is 10.2 Å². The van der Waals surface area contributed by atoms with Gasteiger partial charge in [0.1, 0.15) is 5.82 Å². The number of nitrogens with zero attached hydrogens (tertiary/aromatic N) is 2. The van der Waals surface area contributed by atoms with Crippen molar-refractivity contribution in [2.75, 3.05) is 0 Å². The molecule has 1 saturated carbocycles. The molecule has 4 heteroatoms. The minimum atomic E-state index is 0.491. The summed E-state index contributed by atoms with van der Waals surface area (Å²) >= 11 is 5.23. The second-order valence-corrected chi connectivity index (χ2v) is 4.98. The summed E-state index contributed by atoms with van der Waals surface area (Å²) < 4.78 is 2.95. The zero-order valence-corrected chi connectivity index (χ0v) is 9.65. The maximum atomic E-state index is 5.23. The summed E-state index contributed by atoms with van der Waals surface area (Å²) in [5.41, 5.74) is 0.491. The Morgan fingerprint density at radius 3 is 2.86 bits per heavy atom. The van der Waals surface area contributed by atoms with Crippen LogP contribution in [0.4, 0.5) is 0 Å². The minimum Gasteiger partial charge on any atom is -0.304 e. The molecule has 14 heavy (non-hydrogen) atoms. The van der Waals surface area contributed by atoms with E-state index in [0.717, 1.165) is 30.0 Å².